The molecule has 7 heteroatoms. The normalized spacial score (nSPS) is 14.7. The molecule has 0 aliphatic heterocycles. The van der Waals surface area contributed by atoms with E-state index in [0.717, 1.165) is 33.4 Å². The fraction of sp³-hybridized carbons (Fsp3) is 0.167. The molecule has 2 aromatic carbocycles. The van der Waals surface area contributed by atoms with E-state index in [9.17, 15) is 10.1 Å². The molecule has 126 valence electrons. The van der Waals surface area contributed by atoms with Crippen LogP contribution in [0.3, 0.4) is 0 Å². The number of nitrogens with zero attached hydrogens (tertiary/aromatic N) is 3. The lowest BCUT2D eigenvalue weighted by Gasteiger charge is -2.09. The molecule has 0 radical (unpaired) electrons. The number of aromatic nitrogens is 1. The van der Waals surface area contributed by atoms with Gasteiger partial charge in [-0.25, -0.2) is 4.99 Å². The van der Waals surface area contributed by atoms with E-state index < -0.39 is 0 Å². The Labute approximate surface area is 156 Å². The van der Waals surface area contributed by atoms with Gasteiger partial charge in [0.15, 0.2) is 4.80 Å². The molecule has 1 aliphatic rings. The van der Waals surface area contributed by atoms with Crippen LogP contribution in [-0.2, 0) is 0 Å². The lowest BCUT2D eigenvalue weighted by molar-refractivity contribution is -0.384. The van der Waals surface area contributed by atoms with Gasteiger partial charge in [-0.1, -0.05) is 46.3 Å². The van der Waals surface area contributed by atoms with Crippen LogP contribution in [0.4, 0.5) is 11.4 Å². The van der Waals surface area contributed by atoms with Gasteiger partial charge < -0.3 is 4.57 Å². The van der Waals surface area contributed by atoms with Gasteiger partial charge in [0.05, 0.1) is 10.6 Å². The highest BCUT2D eigenvalue weighted by Crippen LogP contribution is 2.39. The van der Waals surface area contributed by atoms with E-state index in [2.05, 4.69) is 36.9 Å². The van der Waals surface area contributed by atoms with Gasteiger partial charge in [0.2, 0.25) is 0 Å². The second-order valence-electron chi connectivity index (χ2n) is 5.84. The molecule has 1 fully saturated rings. The van der Waals surface area contributed by atoms with Crippen LogP contribution in [0.15, 0.2) is 63.4 Å². The molecule has 1 saturated carbocycles. The van der Waals surface area contributed by atoms with Crippen molar-refractivity contribution in [2.45, 2.75) is 18.9 Å². The molecule has 0 saturated heterocycles. The van der Waals surface area contributed by atoms with Gasteiger partial charge in [-0.05, 0) is 25.0 Å². The number of nitro groups is 1. The monoisotopic (exact) mass is 415 g/mol. The Bertz CT molecular complexity index is 1020. The Morgan fingerprint density at radius 1 is 1.16 bits per heavy atom. The van der Waals surface area contributed by atoms with Crippen LogP contribution in [0.2, 0.25) is 0 Å². The zero-order valence-electron chi connectivity index (χ0n) is 13.1. The largest absolute Gasteiger partial charge is 0.313 e. The summed E-state index contributed by atoms with van der Waals surface area (Å²) in [5.74, 6) is 0. The summed E-state index contributed by atoms with van der Waals surface area (Å²) in [4.78, 5) is 16.3. The molecule has 0 spiro atoms. The number of rotatable bonds is 4. The number of hydrogen-bond acceptors (Lipinski definition) is 4. The van der Waals surface area contributed by atoms with Gasteiger partial charge in [0, 0.05) is 27.5 Å². The summed E-state index contributed by atoms with van der Waals surface area (Å²) in [5, 5.41) is 13.3. The maximum Gasteiger partial charge on any atom is 0.294 e. The number of benzene rings is 2. The van der Waals surface area contributed by atoms with Gasteiger partial charge in [-0.15, -0.1) is 11.3 Å². The summed E-state index contributed by atoms with van der Waals surface area (Å²) in [7, 11) is 0. The molecule has 0 unspecified atom stereocenters. The molecule has 5 nitrogen and oxygen atoms in total. The lowest BCUT2D eigenvalue weighted by atomic mass is 10.2. The Morgan fingerprint density at radius 2 is 1.88 bits per heavy atom. The summed E-state index contributed by atoms with van der Waals surface area (Å²) in [6.07, 6.45) is 2.22. The SMILES string of the molecule is O=[N+]([O-])c1ccccc1N=c1scc(-c2ccccc2Br)n1C1CC1. The van der Waals surface area contributed by atoms with Crippen molar-refractivity contribution >= 4 is 38.6 Å². The molecule has 4 rings (SSSR count). The minimum Gasteiger partial charge on any atom is -0.313 e. The van der Waals surface area contributed by atoms with Crippen molar-refractivity contribution in [3.05, 3.63) is 73.3 Å². The van der Waals surface area contributed by atoms with E-state index in [0.29, 0.717) is 11.7 Å². The first-order valence-electron chi connectivity index (χ1n) is 7.88. The summed E-state index contributed by atoms with van der Waals surface area (Å²) >= 11 is 5.13. The predicted molar refractivity (Wildman–Crippen MR) is 102 cm³/mol. The fourth-order valence-corrected chi connectivity index (χ4v) is 4.23. The van der Waals surface area contributed by atoms with Crippen molar-refractivity contribution in [3.63, 3.8) is 0 Å². The van der Waals surface area contributed by atoms with Crippen LogP contribution >= 0.6 is 27.3 Å². The van der Waals surface area contributed by atoms with Crippen LogP contribution < -0.4 is 4.80 Å². The van der Waals surface area contributed by atoms with Crippen LogP contribution in [0, 0.1) is 10.1 Å². The second-order valence-corrected chi connectivity index (χ2v) is 7.53. The first-order valence-corrected chi connectivity index (χ1v) is 9.55. The Morgan fingerprint density at radius 3 is 2.60 bits per heavy atom. The quantitative estimate of drug-likeness (QED) is 0.419. The zero-order chi connectivity index (χ0) is 17.4. The highest BCUT2D eigenvalue weighted by atomic mass is 79.9. The number of hydrogen-bond donors (Lipinski definition) is 0. The molecule has 1 aliphatic carbocycles. The molecule has 0 bridgehead atoms. The van der Waals surface area contributed by atoms with Gasteiger partial charge in [-0.3, -0.25) is 10.1 Å². The van der Waals surface area contributed by atoms with Crippen LogP contribution in [0.5, 0.6) is 0 Å². The molecule has 1 heterocycles. The third-order valence-corrected chi connectivity index (χ3v) is 5.63. The average molecular weight is 416 g/mol. The predicted octanol–water partition coefficient (Wildman–Crippen LogP) is 5.45. The number of nitro benzene ring substituents is 1. The molecule has 1 aromatic heterocycles. The van der Waals surface area contributed by atoms with Gasteiger partial charge >= 0.3 is 0 Å². The van der Waals surface area contributed by atoms with E-state index in [1.807, 2.05) is 18.2 Å². The van der Waals surface area contributed by atoms with Crippen LogP contribution in [0.25, 0.3) is 11.3 Å². The van der Waals surface area contributed by atoms with E-state index in [1.54, 1.807) is 18.2 Å². The van der Waals surface area contributed by atoms with Gasteiger partial charge in [0.25, 0.3) is 5.69 Å². The third-order valence-electron chi connectivity index (χ3n) is 4.10. The van der Waals surface area contributed by atoms with Crippen molar-refractivity contribution in [1.82, 2.24) is 4.57 Å². The van der Waals surface area contributed by atoms with Crippen LogP contribution in [-0.4, -0.2) is 9.49 Å². The minimum atomic E-state index is -0.386. The van der Waals surface area contributed by atoms with Crippen LogP contribution in [0.1, 0.15) is 18.9 Å². The molecule has 0 amide bonds. The highest BCUT2D eigenvalue weighted by Gasteiger charge is 2.28. The molecule has 25 heavy (non-hydrogen) atoms. The number of halogens is 1. The van der Waals surface area contributed by atoms with E-state index >= 15 is 0 Å². The Kier molecular flexibility index (Phi) is 4.27. The van der Waals surface area contributed by atoms with Crippen molar-refractivity contribution in [2.24, 2.45) is 4.99 Å². The fourth-order valence-electron chi connectivity index (χ4n) is 2.77. The molecule has 0 atom stereocenters. The maximum atomic E-state index is 11.3. The third kappa shape index (κ3) is 3.17. The maximum absolute atomic E-state index is 11.3. The summed E-state index contributed by atoms with van der Waals surface area (Å²) in [6, 6.07) is 15.1. The Hall–Kier alpha value is -2.25. The summed E-state index contributed by atoms with van der Waals surface area (Å²) < 4.78 is 3.24. The van der Waals surface area contributed by atoms with Crippen molar-refractivity contribution < 1.29 is 4.92 Å². The van der Waals surface area contributed by atoms with Crippen molar-refractivity contribution in [2.75, 3.05) is 0 Å². The number of thiazole rings is 1. The summed E-state index contributed by atoms with van der Waals surface area (Å²) in [5.41, 5.74) is 2.62. The highest BCUT2D eigenvalue weighted by molar-refractivity contribution is 9.10. The van der Waals surface area contributed by atoms with E-state index in [-0.39, 0.29) is 10.6 Å². The standard InChI is InChI=1S/C18H14BrN3O2S/c19-14-6-2-1-5-13(14)17-11-25-18(21(17)12-9-10-12)20-15-7-3-4-8-16(15)22(23)24/h1-8,11-12H,9-10H2. The molecule has 3 aromatic rings. The van der Waals surface area contributed by atoms with Gasteiger partial charge in [0.1, 0.15) is 5.69 Å². The van der Waals surface area contributed by atoms with Gasteiger partial charge in [-0.2, -0.15) is 0 Å². The molecule has 0 N–H and O–H groups in total. The summed E-state index contributed by atoms with van der Waals surface area (Å²) in [6.45, 7) is 0. The Balaban J connectivity index is 1.90. The van der Waals surface area contributed by atoms with Crippen molar-refractivity contribution in [1.29, 1.82) is 0 Å². The second kappa shape index (κ2) is 6.57. The topological polar surface area (TPSA) is 60.4 Å². The zero-order valence-corrected chi connectivity index (χ0v) is 15.5. The average Bonchev–Trinajstić information content (AvgIpc) is 3.37. The lowest BCUT2D eigenvalue weighted by Crippen LogP contribution is -2.14. The number of para-hydroxylation sites is 2. The minimum absolute atomic E-state index is 0.0284. The molecular weight excluding hydrogens is 402 g/mol. The van der Waals surface area contributed by atoms with E-state index in [1.165, 1.54) is 17.4 Å². The first-order chi connectivity index (χ1) is 12.1. The smallest absolute Gasteiger partial charge is 0.294 e. The van der Waals surface area contributed by atoms with E-state index in [4.69, 9.17) is 0 Å². The molecular formula is C18H14BrN3O2S. The first kappa shape index (κ1) is 16.2. The van der Waals surface area contributed by atoms with Crippen molar-refractivity contribution in [3.8, 4) is 11.3 Å².